The van der Waals surface area contributed by atoms with E-state index in [4.69, 9.17) is 0 Å². The van der Waals surface area contributed by atoms with Gasteiger partial charge in [-0.05, 0) is 6.42 Å². The Morgan fingerprint density at radius 1 is 1.33 bits per heavy atom. The molecular formula is C14H29N7O2S. The third-order valence-electron chi connectivity index (χ3n) is 3.58. The highest BCUT2D eigenvalue weighted by molar-refractivity contribution is 7.88. The second-order valence-corrected chi connectivity index (χ2v) is 7.31. The molecule has 0 aliphatic rings. The van der Waals surface area contributed by atoms with Gasteiger partial charge in [0, 0.05) is 46.2 Å². The van der Waals surface area contributed by atoms with E-state index in [1.54, 1.807) is 13.4 Å². The van der Waals surface area contributed by atoms with Crippen LogP contribution in [0.25, 0.3) is 0 Å². The van der Waals surface area contributed by atoms with Crippen LogP contribution in [0.5, 0.6) is 0 Å². The molecule has 0 aromatic carbocycles. The van der Waals surface area contributed by atoms with Crippen molar-refractivity contribution >= 4 is 16.0 Å². The molecule has 1 aromatic heterocycles. The summed E-state index contributed by atoms with van der Waals surface area (Å²) in [6.45, 7) is 6.99. The maximum absolute atomic E-state index is 11.5. The molecule has 2 N–H and O–H groups in total. The first-order chi connectivity index (χ1) is 11.4. The van der Waals surface area contributed by atoms with E-state index in [-0.39, 0.29) is 0 Å². The Kier molecular flexibility index (Phi) is 8.69. The van der Waals surface area contributed by atoms with Crippen molar-refractivity contribution < 1.29 is 8.42 Å². The van der Waals surface area contributed by atoms with Gasteiger partial charge < -0.3 is 15.2 Å². The molecule has 0 saturated carbocycles. The summed E-state index contributed by atoms with van der Waals surface area (Å²) < 4.78 is 26.5. The highest BCUT2D eigenvalue weighted by Gasteiger charge is 2.13. The average Bonchev–Trinajstić information content (AvgIpc) is 2.99. The predicted molar refractivity (Wildman–Crippen MR) is 95.5 cm³/mol. The highest BCUT2D eigenvalue weighted by Crippen LogP contribution is 1.98. The Morgan fingerprint density at radius 2 is 2.04 bits per heavy atom. The second kappa shape index (κ2) is 10.2. The van der Waals surface area contributed by atoms with E-state index in [1.807, 2.05) is 18.4 Å². The lowest BCUT2D eigenvalue weighted by Crippen LogP contribution is -2.40. The molecular weight excluding hydrogens is 330 g/mol. The summed E-state index contributed by atoms with van der Waals surface area (Å²) in [6, 6.07) is 0. The quantitative estimate of drug-likeness (QED) is 0.337. The number of aromatic nitrogens is 3. The number of rotatable bonds is 10. The summed E-state index contributed by atoms with van der Waals surface area (Å²) in [5.41, 5.74) is 0. The largest absolute Gasteiger partial charge is 0.356 e. The van der Waals surface area contributed by atoms with E-state index in [2.05, 4.69) is 25.8 Å². The van der Waals surface area contributed by atoms with Gasteiger partial charge in [0.15, 0.2) is 5.96 Å². The Labute approximate surface area is 144 Å². The third-order valence-corrected chi connectivity index (χ3v) is 4.96. The fraction of sp³-hybridized carbons (Fsp3) is 0.786. The van der Waals surface area contributed by atoms with Crippen LogP contribution in [0.15, 0.2) is 11.3 Å². The van der Waals surface area contributed by atoms with Crippen molar-refractivity contribution in [2.24, 2.45) is 4.99 Å². The smallest absolute Gasteiger partial charge is 0.211 e. The zero-order chi connectivity index (χ0) is 18.0. The van der Waals surface area contributed by atoms with E-state index >= 15 is 0 Å². The maximum Gasteiger partial charge on any atom is 0.211 e. The average molecular weight is 360 g/mol. The SMILES string of the molecule is CCc1nncn1CCNC(=NC)NCCCN(CC)S(C)(=O)=O. The molecule has 1 aromatic rings. The number of sulfonamides is 1. The molecule has 0 atom stereocenters. The van der Waals surface area contributed by atoms with Gasteiger partial charge in [0.1, 0.15) is 12.2 Å². The molecule has 0 saturated heterocycles. The monoisotopic (exact) mass is 359 g/mol. The lowest BCUT2D eigenvalue weighted by Gasteiger charge is -2.18. The van der Waals surface area contributed by atoms with E-state index in [1.165, 1.54) is 10.6 Å². The number of aryl methyl sites for hydroxylation is 1. The molecule has 9 nitrogen and oxygen atoms in total. The molecule has 0 aliphatic carbocycles. The fourth-order valence-corrected chi connectivity index (χ4v) is 3.21. The van der Waals surface area contributed by atoms with Crippen molar-refractivity contribution in [2.75, 3.05) is 39.5 Å². The van der Waals surface area contributed by atoms with Crippen LogP contribution in [0.3, 0.4) is 0 Å². The normalized spacial score (nSPS) is 12.6. The predicted octanol–water partition coefficient (Wildman–Crippen LogP) is -0.323. The van der Waals surface area contributed by atoms with Gasteiger partial charge in [0.2, 0.25) is 10.0 Å². The first-order valence-electron chi connectivity index (χ1n) is 8.18. The van der Waals surface area contributed by atoms with Crippen molar-refractivity contribution in [3.8, 4) is 0 Å². The van der Waals surface area contributed by atoms with Gasteiger partial charge in [-0.1, -0.05) is 13.8 Å². The van der Waals surface area contributed by atoms with E-state index < -0.39 is 10.0 Å². The van der Waals surface area contributed by atoms with Crippen molar-refractivity contribution in [1.82, 2.24) is 29.7 Å². The molecule has 138 valence electrons. The van der Waals surface area contributed by atoms with Crippen LogP contribution < -0.4 is 10.6 Å². The molecule has 0 amide bonds. The van der Waals surface area contributed by atoms with Crippen LogP contribution in [-0.4, -0.2) is 72.9 Å². The minimum atomic E-state index is -3.12. The number of hydrogen-bond donors (Lipinski definition) is 2. The van der Waals surface area contributed by atoms with Gasteiger partial charge in [0.05, 0.1) is 6.26 Å². The zero-order valence-electron chi connectivity index (χ0n) is 15.0. The molecule has 10 heteroatoms. The highest BCUT2D eigenvalue weighted by atomic mass is 32.2. The van der Waals surface area contributed by atoms with Crippen LogP contribution in [-0.2, 0) is 23.0 Å². The Bertz CT molecular complexity index is 612. The van der Waals surface area contributed by atoms with Gasteiger partial charge in [-0.2, -0.15) is 0 Å². The van der Waals surface area contributed by atoms with E-state index in [9.17, 15) is 8.42 Å². The van der Waals surface area contributed by atoms with E-state index in [0.29, 0.717) is 38.6 Å². The molecule has 0 spiro atoms. The Hall–Kier alpha value is -1.68. The standard InChI is InChI=1S/C14H29N7O2S/c1-5-13-19-18-12-20(13)11-9-17-14(15-3)16-8-7-10-21(6-2)24(4,22)23/h12H,5-11H2,1-4H3,(H2,15,16,17). The minimum Gasteiger partial charge on any atom is -0.356 e. The number of aliphatic imine (C=N–C) groups is 1. The van der Waals surface area contributed by atoms with Gasteiger partial charge in [-0.25, -0.2) is 12.7 Å². The number of hydrogen-bond acceptors (Lipinski definition) is 5. The van der Waals surface area contributed by atoms with Crippen molar-refractivity contribution in [3.05, 3.63) is 12.2 Å². The molecule has 0 radical (unpaired) electrons. The Balaban J connectivity index is 2.28. The van der Waals surface area contributed by atoms with Crippen molar-refractivity contribution in [1.29, 1.82) is 0 Å². The summed E-state index contributed by atoms with van der Waals surface area (Å²) in [4.78, 5) is 4.16. The molecule has 1 heterocycles. The molecule has 0 bridgehead atoms. The van der Waals surface area contributed by atoms with E-state index in [0.717, 1.165) is 18.8 Å². The summed E-state index contributed by atoms with van der Waals surface area (Å²) in [7, 11) is -1.41. The molecule has 0 aliphatic heterocycles. The minimum absolute atomic E-state index is 0.491. The first-order valence-corrected chi connectivity index (χ1v) is 10.0. The number of nitrogens with zero attached hydrogens (tertiary/aromatic N) is 5. The van der Waals surface area contributed by atoms with Crippen LogP contribution >= 0.6 is 0 Å². The first kappa shape index (κ1) is 20.4. The van der Waals surface area contributed by atoms with Crippen LogP contribution in [0.1, 0.15) is 26.1 Å². The van der Waals surface area contributed by atoms with Gasteiger partial charge in [0.25, 0.3) is 0 Å². The molecule has 1 rings (SSSR count). The lowest BCUT2D eigenvalue weighted by atomic mass is 10.4. The van der Waals surface area contributed by atoms with Crippen LogP contribution in [0, 0.1) is 0 Å². The zero-order valence-corrected chi connectivity index (χ0v) is 15.8. The van der Waals surface area contributed by atoms with Crippen LogP contribution in [0.2, 0.25) is 0 Å². The maximum atomic E-state index is 11.5. The second-order valence-electron chi connectivity index (χ2n) is 5.33. The Morgan fingerprint density at radius 3 is 2.62 bits per heavy atom. The third kappa shape index (κ3) is 6.83. The summed E-state index contributed by atoms with van der Waals surface area (Å²) in [6.07, 6.45) is 4.52. The van der Waals surface area contributed by atoms with Crippen molar-refractivity contribution in [3.63, 3.8) is 0 Å². The van der Waals surface area contributed by atoms with Gasteiger partial charge in [-0.15, -0.1) is 10.2 Å². The number of guanidine groups is 1. The van der Waals surface area contributed by atoms with Crippen LogP contribution in [0.4, 0.5) is 0 Å². The topological polar surface area (TPSA) is 105 Å². The molecule has 0 fully saturated rings. The summed E-state index contributed by atoms with van der Waals surface area (Å²) in [5.74, 6) is 1.66. The molecule has 24 heavy (non-hydrogen) atoms. The van der Waals surface area contributed by atoms with Gasteiger partial charge >= 0.3 is 0 Å². The van der Waals surface area contributed by atoms with Gasteiger partial charge in [-0.3, -0.25) is 4.99 Å². The summed E-state index contributed by atoms with van der Waals surface area (Å²) >= 11 is 0. The molecule has 0 unspecified atom stereocenters. The van der Waals surface area contributed by atoms with Crippen molar-refractivity contribution in [2.45, 2.75) is 33.2 Å². The summed E-state index contributed by atoms with van der Waals surface area (Å²) in [5, 5.41) is 14.4. The fourth-order valence-electron chi connectivity index (χ4n) is 2.28. The number of nitrogens with one attached hydrogen (secondary N) is 2. The lowest BCUT2D eigenvalue weighted by molar-refractivity contribution is 0.424.